The number of aromatic nitrogens is 2. The molecule has 0 atom stereocenters. The molecule has 3 aromatic rings. The Morgan fingerprint density at radius 1 is 1.24 bits per heavy atom. The number of aryl methyl sites for hydroxylation is 1. The third-order valence-corrected chi connectivity index (χ3v) is 4.35. The van der Waals surface area contributed by atoms with Gasteiger partial charge in [-0.05, 0) is 37.3 Å². The maximum Gasteiger partial charge on any atom is 0.271 e. The Morgan fingerprint density at radius 2 is 2.00 bits per heavy atom. The first-order chi connectivity index (χ1) is 12.1. The first-order valence-electron chi connectivity index (χ1n) is 7.46. The molecule has 0 bridgehead atoms. The molecule has 0 saturated heterocycles. The van der Waals surface area contributed by atoms with Crippen LogP contribution in [0, 0.1) is 6.92 Å². The van der Waals surface area contributed by atoms with E-state index in [-0.39, 0.29) is 5.91 Å². The average Bonchev–Trinajstić information content (AvgIpc) is 2.90. The predicted octanol–water partition coefficient (Wildman–Crippen LogP) is 4.36. The second kappa shape index (κ2) is 7.63. The Kier molecular flexibility index (Phi) is 5.31. The minimum Gasteiger partial charge on any atom is -0.267 e. The second-order valence-electron chi connectivity index (χ2n) is 5.25. The number of para-hydroxylation sites is 1. The van der Waals surface area contributed by atoms with E-state index < -0.39 is 0 Å². The van der Waals surface area contributed by atoms with Gasteiger partial charge in [0.15, 0.2) is 0 Å². The smallest absolute Gasteiger partial charge is 0.267 e. The minimum absolute atomic E-state index is 0.304. The standard InChI is InChI=1S/C18H14BrClN4O/c1-12-16(17(20)24(23-12)15-8-3-2-4-9-15)11-21-22-18(25)13-6-5-7-14(19)10-13/h2-11H,1H3,(H,22,25). The first-order valence-corrected chi connectivity index (χ1v) is 8.63. The summed E-state index contributed by atoms with van der Waals surface area (Å²) in [6, 6.07) is 16.6. The molecule has 0 unspecified atom stereocenters. The fourth-order valence-electron chi connectivity index (χ4n) is 2.25. The van der Waals surface area contributed by atoms with Crippen LogP contribution in [0.25, 0.3) is 5.69 Å². The molecule has 1 aromatic heterocycles. The van der Waals surface area contributed by atoms with Gasteiger partial charge in [-0.2, -0.15) is 10.2 Å². The van der Waals surface area contributed by atoms with E-state index in [1.807, 2.05) is 43.3 Å². The monoisotopic (exact) mass is 416 g/mol. The van der Waals surface area contributed by atoms with Crippen LogP contribution in [0.1, 0.15) is 21.6 Å². The molecule has 1 heterocycles. The number of hydrogen-bond acceptors (Lipinski definition) is 3. The fraction of sp³-hybridized carbons (Fsp3) is 0.0556. The Bertz CT molecular complexity index is 938. The first kappa shape index (κ1) is 17.4. The number of nitrogens with one attached hydrogen (secondary N) is 1. The van der Waals surface area contributed by atoms with Crippen molar-refractivity contribution in [3.63, 3.8) is 0 Å². The highest BCUT2D eigenvalue weighted by atomic mass is 79.9. The molecule has 1 N–H and O–H groups in total. The van der Waals surface area contributed by atoms with E-state index in [1.54, 1.807) is 22.9 Å². The van der Waals surface area contributed by atoms with Gasteiger partial charge < -0.3 is 0 Å². The molecule has 7 heteroatoms. The lowest BCUT2D eigenvalue weighted by Crippen LogP contribution is -2.17. The summed E-state index contributed by atoms with van der Waals surface area (Å²) in [4.78, 5) is 12.1. The lowest BCUT2D eigenvalue weighted by molar-refractivity contribution is 0.0955. The van der Waals surface area contributed by atoms with Crippen LogP contribution in [0.15, 0.2) is 64.2 Å². The van der Waals surface area contributed by atoms with Crippen LogP contribution in [-0.2, 0) is 0 Å². The number of rotatable bonds is 4. The molecule has 0 aliphatic heterocycles. The highest BCUT2D eigenvalue weighted by Gasteiger charge is 2.13. The maximum atomic E-state index is 12.1. The SMILES string of the molecule is Cc1nn(-c2ccccc2)c(Cl)c1C=NNC(=O)c1cccc(Br)c1. The largest absolute Gasteiger partial charge is 0.271 e. The van der Waals surface area contributed by atoms with E-state index in [2.05, 4.69) is 31.6 Å². The zero-order chi connectivity index (χ0) is 17.8. The molecule has 0 aliphatic carbocycles. The summed E-state index contributed by atoms with van der Waals surface area (Å²) < 4.78 is 2.46. The van der Waals surface area contributed by atoms with Gasteiger partial charge in [-0.3, -0.25) is 4.79 Å². The van der Waals surface area contributed by atoms with Crippen molar-refractivity contribution in [1.29, 1.82) is 0 Å². The van der Waals surface area contributed by atoms with Crippen molar-refractivity contribution in [2.75, 3.05) is 0 Å². The highest BCUT2D eigenvalue weighted by Crippen LogP contribution is 2.21. The van der Waals surface area contributed by atoms with Crippen LogP contribution >= 0.6 is 27.5 Å². The molecule has 0 aliphatic rings. The fourth-order valence-corrected chi connectivity index (χ4v) is 2.97. The lowest BCUT2D eigenvalue weighted by Gasteiger charge is -2.02. The van der Waals surface area contributed by atoms with Crippen molar-refractivity contribution in [1.82, 2.24) is 15.2 Å². The van der Waals surface area contributed by atoms with E-state index in [0.29, 0.717) is 22.0 Å². The molecular weight excluding hydrogens is 404 g/mol. The average molecular weight is 418 g/mol. The van der Waals surface area contributed by atoms with Gasteiger partial charge in [-0.15, -0.1) is 0 Å². The molecule has 126 valence electrons. The van der Waals surface area contributed by atoms with Crippen molar-refractivity contribution >= 4 is 39.7 Å². The van der Waals surface area contributed by atoms with Crippen molar-refractivity contribution in [3.05, 3.63) is 81.0 Å². The Hall–Kier alpha value is -2.44. The van der Waals surface area contributed by atoms with Gasteiger partial charge in [0.1, 0.15) is 5.15 Å². The van der Waals surface area contributed by atoms with Gasteiger partial charge in [-0.25, -0.2) is 10.1 Å². The molecule has 0 fully saturated rings. The number of carbonyl (C=O) groups excluding carboxylic acids is 1. The van der Waals surface area contributed by atoms with Crippen molar-refractivity contribution < 1.29 is 4.79 Å². The zero-order valence-corrected chi connectivity index (χ0v) is 15.6. The summed E-state index contributed by atoms with van der Waals surface area (Å²) in [6.45, 7) is 1.84. The van der Waals surface area contributed by atoms with E-state index in [1.165, 1.54) is 6.21 Å². The molecule has 25 heavy (non-hydrogen) atoms. The number of hydrogen-bond donors (Lipinski definition) is 1. The Morgan fingerprint density at radius 3 is 2.72 bits per heavy atom. The number of hydrazone groups is 1. The third kappa shape index (κ3) is 3.97. The summed E-state index contributed by atoms with van der Waals surface area (Å²) in [5, 5.41) is 8.86. The summed E-state index contributed by atoms with van der Waals surface area (Å²) >= 11 is 9.74. The van der Waals surface area contributed by atoms with Crippen molar-refractivity contribution in [2.45, 2.75) is 6.92 Å². The molecule has 2 aromatic carbocycles. The van der Waals surface area contributed by atoms with E-state index in [9.17, 15) is 4.79 Å². The number of amides is 1. The third-order valence-electron chi connectivity index (χ3n) is 3.50. The molecule has 0 saturated carbocycles. The summed E-state index contributed by atoms with van der Waals surface area (Å²) in [5.74, 6) is -0.304. The maximum absolute atomic E-state index is 12.1. The van der Waals surface area contributed by atoms with Gasteiger partial charge in [0.25, 0.3) is 5.91 Å². The van der Waals surface area contributed by atoms with E-state index >= 15 is 0 Å². The molecular formula is C18H14BrClN4O. The van der Waals surface area contributed by atoms with Gasteiger partial charge >= 0.3 is 0 Å². The van der Waals surface area contributed by atoms with Gasteiger partial charge in [-0.1, -0.05) is 51.8 Å². The molecule has 3 rings (SSSR count). The molecule has 0 spiro atoms. The lowest BCUT2D eigenvalue weighted by atomic mass is 10.2. The molecule has 0 radical (unpaired) electrons. The van der Waals surface area contributed by atoms with Crippen LogP contribution in [0.5, 0.6) is 0 Å². The van der Waals surface area contributed by atoms with Gasteiger partial charge in [0.2, 0.25) is 0 Å². The van der Waals surface area contributed by atoms with Crippen molar-refractivity contribution in [2.24, 2.45) is 5.10 Å². The Balaban J connectivity index is 1.78. The molecule has 1 amide bonds. The summed E-state index contributed by atoms with van der Waals surface area (Å²) in [5.41, 5.74) is 5.23. The number of carbonyl (C=O) groups is 1. The summed E-state index contributed by atoms with van der Waals surface area (Å²) in [7, 11) is 0. The van der Waals surface area contributed by atoms with Crippen LogP contribution in [0.3, 0.4) is 0 Å². The Labute approximate surface area is 158 Å². The van der Waals surface area contributed by atoms with E-state index in [4.69, 9.17) is 11.6 Å². The van der Waals surface area contributed by atoms with Crippen molar-refractivity contribution in [3.8, 4) is 5.69 Å². The molecule has 5 nitrogen and oxygen atoms in total. The topological polar surface area (TPSA) is 59.3 Å². The van der Waals surface area contributed by atoms with Crippen LogP contribution in [0.4, 0.5) is 0 Å². The minimum atomic E-state index is -0.304. The van der Waals surface area contributed by atoms with Crippen LogP contribution < -0.4 is 5.43 Å². The normalized spacial score (nSPS) is 11.0. The quantitative estimate of drug-likeness (QED) is 0.506. The second-order valence-corrected chi connectivity index (χ2v) is 6.52. The van der Waals surface area contributed by atoms with E-state index in [0.717, 1.165) is 10.2 Å². The van der Waals surface area contributed by atoms with Crippen LogP contribution in [-0.4, -0.2) is 21.9 Å². The van der Waals surface area contributed by atoms with Gasteiger partial charge in [0, 0.05) is 10.0 Å². The zero-order valence-electron chi connectivity index (χ0n) is 13.3. The van der Waals surface area contributed by atoms with Gasteiger partial charge in [0.05, 0.1) is 23.2 Å². The highest BCUT2D eigenvalue weighted by molar-refractivity contribution is 9.10. The number of benzene rings is 2. The van der Waals surface area contributed by atoms with Crippen LogP contribution in [0.2, 0.25) is 5.15 Å². The number of halogens is 2. The predicted molar refractivity (Wildman–Crippen MR) is 103 cm³/mol. The summed E-state index contributed by atoms with van der Waals surface area (Å²) in [6.07, 6.45) is 1.50. The number of nitrogens with zero attached hydrogens (tertiary/aromatic N) is 3.